The van der Waals surface area contributed by atoms with E-state index >= 15 is 0 Å². The van der Waals surface area contributed by atoms with Gasteiger partial charge in [-0.25, -0.2) is 8.42 Å². The lowest BCUT2D eigenvalue weighted by Crippen LogP contribution is -2.38. The molecule has 6 nitrogen and oxygen atoms in total. The van der Waals surface area contributed by atoms with Gasteiger partial charge in [0, 0.05) is 37.4 Å². The van der Waals surface area contributed by atoms with Crippen LogP contribution in [0.25, 0.3) is 0 Å². The molecule has 1 N–H and O–H groups in total. The number of amides is 1. The maximum atomic E-state index is 12.7. The second-order valence-corrected chi connectivity index (χ2v) is 10.1. The number of hydrogen-bond acceptors (Lipinski definition) is 4. The van der Waals surface area contributed by atoms with Crippen molar-refractivity contribution in [2.45, 2.75) is 32.6 Å². The van der Waals surface area contributed by atoms with Crippen molar-refractivity contribution < 1.29 is 13.2 Å². The first kappa shape index (κ1) is 20.7. The molecule has 0 radical (unpaired) electrons. The molecule has 1 amide bonds. The number of rotatable bonds is 6. The molecule has 1 saturated heterocycles. The summed E-state index contributed by atoms with van der Waals surface area (Å²) >= 11 is 0. The molecule has 0 spiro atoms. The number of nitrogens with zero attached hydrogens (tertiary/aromatic N) is 2. The first-order valence-corrected chi connectivity index (χ1v) is 12.3. The van der Waals surface area contributed by atoms with Crippen molar-refractivity contribution in [3.8, 4) is 0 Å². The van der Waals surface area contributed by atoms with Crippen LogP contribution in [-0.2, 0) is 16.4 Å². The Bertz CT molecular complexity index is 1040. The highest BCUT2D eigenvalue weighted by molar-refractivity contribution is 7.92. The third kappa shape index (κ3) is 4.31. The second kappa shape index (κ2) is 8.68. The molecule has 0 aliphatic carbocycles. The van der Waals surface area contributed by atoms with Crippen molar-refractivity contribution in [1.29, 1.82) is 0 Å². The fourth-order valence-corrected chi connectivity index (χ4v) is 5.98. The van der Waals surface area contributed by atoms with Crippen LogP contribution in [-0.4, -0.2) is 46.3 Å². The molecule has 0 bridgehead atoms. The zero-order chi connectivity index (χ0) is 21.1. The van der Waals surface area contributed by atoms with Gasteiger partial charge in [-0.15, -0.1) is 0 Å². The van der Waals surface area contributed by atoms with Gasteiger partial charge in [0.1, 0.15) is 0 Å². The van der Waals surface area contributed by atoms with E-state index in [1.54, 1.807) is 12.1 Å². The normalized spacial score (nSPS) is 17.6. The predicted octanol–water partition coefficient (Wildman–Crippen LogP) is 3.11. The first-order valence-electron chi connectivity index (χ1n) is 10.7. The van der Waals surface area contributed by atoms with Crippen molar-refractivity contribution in [2.75, 3.05) is 41.1 Å². The Balaban J connectivity index is 1.35. The van der Waals surface area contributed by atoms with E-state index in [9.17, 15) is 13.2 Å². The van der Waals surface area contributed by atoms with Gasteiger partial charge in [-0.05, 0) is 61.9 Å². The van der Waals surface area contributed by atoms with E-state index < -0.39 is 10.0 Å². The molecule has 160 valence electrons. The van der Waals surface area contributed by atoms with E-state index in [0.717, 1.165) is 37.9 Å². The van der Waals surface area contributed by atoms with Crippen LogP contribution < -0.4 is 14.5 Å². The lowest BCUT2D eigenvalue weighted by molar-refractivity contribution is 0.0953. The Kier molecular flexibility index (Phi) is 5.99. The molecular weight excluding hydrogens is 398 g/mol. The molecular formula is C23H29N3O3S. The smallest absolute Gasteiger partial charge is 0.251 e. The zero-order valence-corrected chi connectivity index (χ0v) is 18.2. The fourth-order valence-electron chi connectivity index (χ4n) is 4.29. The number of carbonyl (C=O) groups is 1. The standard InChI is InChI=1S/C23H29N3O3S/c1-18-9-10-20(17-22(18)26-14-4-5-16-30(26,28)29)23(27)24-12-6-13-25-15-11-19-7-2-3-8-21(19)25/h2-3,7-10,17H,4-6,11-16H2,1H3,(H,24,27). The number of anilines is 2. The van der Waals surface area contributed by atoms with Crippen LogP contribution in [0.4, 0.5) is 11.4 Å². The Labute approximate surface area is 178 Å². The van der Waals surface area contributed by atoms with Crippen LogP contribution in [0.15, 0.2) is 42.5 Å². The molecule has 0 unspecified atom stereocenters. The van der Waals surface area contributed by atoms with Gasteiger partial charge >= 0.3 is 0 Å². The third-order valence-corrected chi connectivity index (χ3v) is 7.82. The number of fused-ring (bicyclic) bond motifs is 1. The van der Waals surface area contributed by atoms with Gasteiger partial charge in [-0.1, -0.05) is 24.3 Å². The molecule has 1 fully saturated rings. The van der Waals surface area contributed by atoms with Crippen molar-refractivity contribution in [3.05, 3.63) is 59.2 Å². The third-order valence-electron chi connectivity index (χ3n) is 5.96. The summed E-state index contributed by atoms with van der Waals surface area (Å²) in [5, 5.41) is 2.98. The summed E-state index contributed by atoms with van der Waals surface area (Å²) in [5.41, 5.74) is 4.68. The highest BCUT2D eigenvalue weighted by Gasteiger charge is 2.27. The van der Waals surface area contributed by atoms with Crippen LogP contribution in [0.5, 0.6) is 0 Å². The van der Waals surface area contributed by atoms with Gasteiger partial charge in [-0.3, -0.25) is 9.10 Å². The molecule has 2 heterocycles. The van der Waals surface area contributed by atoms with Gasteiger partial charge in [0.05, 0.1) is 11.4 Å². The summed E-state index contributed by atoms with van der Waals surface area (Å²) in [7, 11) is -3.30. The summed E-state index contributed by atoms with van der Waals surface area (Å²) in [4.78, 5) is 15.0. The number of carbonyl (C=O) groups excluding carboxylic acids is 1. The Morgan fingerprint density at radius 2 is 1.90 bits per heavy atom. The largest absolute Gasteiger partial charge is 0.371 e. The van der Waals surface area contributed by atoms with Crippen LogP contribution >= 0.6 is 0 Å². The number of benzene rings is 2. The lowest BCUT2D eigenvalue weighted by Gasteiger charge is -2.29. The molecule has 7 heteroatoms. The fraction of sp³-hybridized carbons (Fsp3) is 0.435. The van der Waals surface area contributed by atoms with E-state index in [0.29, 0.717) is 30.8 Å². The van der Waals surface area contributed by atoms with E-state index in [-0.39, 0.29) is 11.7 Å². The van der Waals surface area contributed by atoms with Crippen molar-refractivity contribution in [2.24, 2.45) is 0 Å². The molecule has 0 aromatic heterocycles. The average molecular weight is 428 g/mol. The number of sulfonamides is 1. The molecule has 2 aromatic carbocycles. The Morgan fingerprint density at radius 1 is 1.07 bits per heavy atom. The topological polar surface area (TPSA) is 69.7 Å². The maximum Gasteiger partial charge on any atom is 0.251 e. The number of nitrogens with one attached hydrogen (secondary N) is 1. The van der Waals surface area contributed by atoms with Crippen LogP contribution in [0.2, 0.25) is 0 Å². The van der Waals surface area contributed by atoms with Crippen molar-refractivity contribution >= 4 is 27.3 Å². The molecule has 2 aliphatic rings. The Morgan fingerprint density at radius 3 is 2.73 bits per heavy atom. The highest BCUT2D eigenvalue weighted by atomic mass is 32.2. The Hall–Kier alpha value is -2.54. The monoisotopic (exact) mass is 427 g/mol. The van der Waals surface area contributed by atoms with Crippen LogP contribution in [0, 0.1) is 6.92 Å². The average Bonchev–Trinajstić information content (AvgIpc) is 3.14. The summed E-state index contributed by atoms with van der Waals surface area (Å²) in [6.07, 6.45) is 3.47. The summed E-state index contributed by atoms with van der Waals surface area (Å²) in [6.45, 7) is 4.88. The van der Waals surface area contributed by atoms with Gasteiger partial charge in [0.15, 0.2) is 0 Å². The minimum absolute atomic E-state index is 0.160. The highest BCUT2D eigenvalue weighted by Crippen LogP contribution is 2.28. The van der Waals surface area contributed by atoms with Gasteiger partial charge in [0.25, 0.3) is 5.91 Å². The molecule has 2 aromatic rings. The summed E-state index contributed by atoms with van der Waals surface area (Å²) in [5.74, 6) is 0.00940. The quantitative estimate of drug-likeness (QED) is 0.719. The number of hydrogen-bond donors (Lipinski definition) is 1. The molecule has 2 aliphatic heterocycles. The molecule has 0 saturated carbocycles. The van der Waals surface area contributed by atoms with Crippen LogP contribution in [0.1, 0.15) is 40.7 Å². The van der Waals surface area contributed by atoms with Crippen molar-refractivity contribution in [3.63, 3.8) is 0 Å². The van der Waals surface area contributed by atoms with Gasteiger partial charge in [-0.2, -0.15) is 0 Å². The SMILES string of the molecule is Cc1ccc(C(=O)NCCCN2CCc3ccccc32)cc1N1CCCCS1(=O)=O. The minimum Gasteiger partial charge on any atom is -0.371 e. The second-order valence-electron chi connectivity index (χ2n) is 8.07. The van der Waals surface area contributed by atoms with E-state index in [1.165, 1.54) is 15.6 Å². The molecule has 0 atom stereocenters. The predicted molar refractivity (Wildman–Crippen MR) is 121 cm³/mol. The lowest BCUT2D eigenvalue weighted by atomic mass is 10.1. The van der Waals surface area contributed by atoms with E-state index in [2.05, 4.69) is 34.5 Å². The zero-order valence-electron chi connectivity index (χ0n) is 17.4. The number of para-hydroxylation sites is 1. The van der Waals surface area contributed by atoms with Gasteiger partial charge < -0.3 is 10.2 Å². The maximum absolute atomic E-state index is 12.7. The minimum atomic E-state index is -3.30. The van der Waals surface area contributed by atoms with Crippen LogP contribution in [0.3, 0.4) is 0 Å². The van der Waals surface area contributed by atoms with E-state index in [1.807, 2.05) is 13.0 Å². The van der Waals surface area contributed by atoms with Crippen molar-refractivity contribution in [1.82, 2.24) is 5.32 Å². The summed E-state index contributed by atoms with van der Waals surface area (Å²) in [6, 6.07) is 13.8. The van der Waals surface area contributed by atoms with E-state index in [4.69, 9.17) is 0 Å². The number of aryl methyl sites for hydroxylation is 1. The van der Waals surface area contributed by atoms with Gasteiger partial charge in [0.2, 0.25) is 10.0 Å². The molecule has 4 rings (SSSR count). The summed E-state index contributed by atoms with van der Waals surface area (Å²) < 4.78 is 26.4. The molecule has 30 heavy (non-hydrogen) atoms. The first-order chi connectivity index (χ1) is 14.5.